The third-order valence-corrected chi connectivity index (χ3v) is 4.07. The lowest BCUT2D eigenvalue weighted by atomic mass is 10.2. The standard InChI is InChI=1S/C16H29N3O3/c1-11(17)14(20)19(12-7-8-12)10-13-6-5-9-18(13)15(21)22-16(2,3)4/h11-13H,5-10,17H2,1-4H3. The van der Waals surface area contributed by atoms with Crippen LogP contribution in [0.2, 0.25) is 0 Å². The van der Waals surface area contributed by atoms with Crippen LogP contribution in [0.25, 0.3) is 0 Å². The van der Waals surface area contributed by atoms with Crippen LogP contribution in [0.15, 0.2) is 0 Å². The molecular weight excluding hydrogens is 282 g/mol. The third-order valence-electron chi connectivity index (χ3n) is 4.07. The first-order chi connectivity index (χ1) is 10.2. The van der Waals surface area contributed by atoms with Crippen LogP contribution in [-0.4, -0.2) is 58.6 Å². The summed E-state index contributed by atoms with van der Waals surface area (Å²) >= 11 is 0. The molecule has 2 aliphatic rings. The molecule has 2 atom stereocenters. The minimum absolute atomic E-state index is 0.0152. The molecule has 0 radical (unpaired) electrons. The minimum Gasteiger partial charge on any atom is -0.444 e. The summed E-state index contributed by atoms with van der Waals surface area (Å²) in [4.78, 5) is 28.2. The van der Waals surface area contributed by atoms with Gasteiger partial charge in [0.2, 0.25) is 5.91 Å². The molecule has 1 aliphatic carbocycles. The molecule has 6 nitrogen and oxygen atoms in total. The molecular formula is C16H29N3O3. The second-order valence-electron chi connectivity index (χ2n) is 7.48. The summed E-state index contributed by atoms with van der Waals surface area (Å²) in [6, 6.07) is -0.144. The van der Waals surface area contributed by atoms with E-state index in [1.54, 1.807) is 11.8 Å². The zero-order chi connectivity index (χ0) is 16.5. The Morgan fingerprint density at radius 1 is 1.32 bits per heavy atom. The van der Waals surface area contributed by atoms with E-state index in [9.17, 15) is 9.59 Å². The van der Waals surface area contributed by atoms with E-state index in [0.717, 1.165) is 25.7 Å². The maximum Gasteiger partial charge on any atom is 0.410 e. The van der Waals surface area contributed by atoms with E-state index in [2.05, 4.69) is 0 Å². The first kappa shape index (κ1) is 17.1. The number of likely N-dealkylation sites (tertiary alicyclic amines) is 1. The van der Waals surface area contributed by atoms with E-state index in [1.165, 1.54) is 0 Å². The van der Waals surface area contributed by atoms with Crippen LogP contribution in [0.4, 0.5) is 4.79 Å². The lowest BCUT2D eigenvalue weighted by molar-refractivity contribution is -0.133. The van der Waals surface area contributed by atoms with Crippen LogP contribution in [0.1, 0.15) is 53.4 Å². The Kier molecular flexibility index (Phi) is 5.00. The average Bonchev–Trinajstić information content (AvgIpc) is 3.11. The average molecular weight is 311 g/mol. The monoisotopic (exact) mass is 311 g/mol. The predicted octanol–water partition coefficient (Wildman–Crippen LogP) is 1.72. The molecule has 0 bridgehead atoms. The zero-order valence-corrected chi connectivity index (χ0v) is 14.2. The van der Waals surface area contributed by atoms with E-state index >= 15 is 0 Å². The van der Waals surface area contributed by atoms with Gasteiger partial charge in [-0.15, -0.1) is 0 Å². The number of amides is 2. The molecule has 2 unspecified atom stereocenters. The van der Waals surface area contributed by atoms with Crippen LogP contribution in [0, 0.1) is 0 Å². The molecule has 0 aromatic heterocycles. The number of hydrogen-bond acceptors (Lipinski definition) is 4. The summed E-state index contributed by atoms with van der Waals surface area (Å²) in [5.74, 6) is -0.0152. The van der Waals surface area contributed by atoms with Crippen molar-refractivity contribution in [2.24, 2.45) is 5.73 Å². The Hall–Kier alpha value is -1.30. The normalized spacial score (nSPS) is 23.3. The molecule has 6 heteroatoms. The molecule has 1 aliphatic heterocycles. The number of carbonyl (C=O) groups is 2. The molecule has 1 heterocycles. The molecule has 2 N–H and O–H groups in total. The first-order valence-corrected chi connectivity index (χ1v) is 8.24. The highest BCUT2D eigenvalue weighted by Gasteiger charge is 2.39. The highest BCUT2D eigenvalue weighted by molar-refractivity contribution is 5.82. The molecule has 0 spiro atoms. The van der Waals surface area contributed by atoms with Crippen LogP contribution < -0.4 is 5.73 Å². The quantitative estimate of drug-likeness (QED) is 0.858. The van der Waals surface area contributed by atoms with Crippen LogP contribution >= 0.6 is 0 Å². The molecule has 2 rings (SSSR count). The van der Waals surface area contributed by atoms with Crippen molar-refractivity contribution in [2.45, 2.75) is 77.1 Å². The fourth-order valence-electron chi connectivity index (χ4n) is 2.88. The fourth-order valence-corrected chi connectivity index (χ4v) is 2.88. The summed E-state index contributed by atoms with van der Waals surface area (Å²) in [5.41, 5.74) is 5.26. The van der Waals surface area contributed by atoms with Crippen LogP contribution in [0.3, 0.4) is 0 Å². The van der Waals surface area contributed by atoms with Crippen LogP contribution in [0.5, 0.6) is 0 Å². The largest absolute Gasteiger partial charge is 0.444 e. The summed E-state index contributed by atoms with van der Waals surface area (Å²) in [5, 5.41) is 0. The topological polar surface area (TPSA) is 75.9 Å². The molecule has 1 saturated carbocycles. The van der Waals surface area contributed by atoms with Gasteiger partial charge < -0.3 is 20.3 Å². The van der Waals surface area contributed by atoms with Gasteiger partial charge in [0.1, 0.15) is 5.60 Å². The summed E-state index contributed by atoms with van der Waals surface area (Å²) in [6.45, 7) is 8.59. The predicted molar refractivity (Wildman–Crippen MR) is 84.3 cm³/mol. The first-order valence-electron chi connectivity index (χ1n) is 8.24. The second kappa shape index (κ2) is 6.44. The van der Waals surface area contributed by atoms with Gasteiger partial charge in [0.05, 0.1) is 12.1 Å². The number of carbonyl (C=O) groups excluding carboxylic acids is 2. The van der Waals surface area contributed by atoms with Crippen molar-refractivity contribution >= 4 is 12.0 Å². The van der Waals surface area contributed by atoms with Gasteiger partial charge in [0.15, 0.2) is 0 Å². The van der Waals surface area contributed by atoms with Crippen LogP contribution in [-0.2, 0) is 9.53 Å². The Balaban J connectivity index is 2.00. The van der Waals surface area contributed by atoms with E-state index in [0.29, 0.717) is 19.1 Å². The summed E-state index contributed by atoms with van der Waals surface area (Å²) in [6.07, 6.45) is 3.66. The molecule has 22 heavy (non-hydrogen) atoms. The lowest BCUT2D eigenvalue weighted by Crippen LogP contribution is -2.50. The number of nitrogens with two attached hydrogens (primary N) is 1. The third kappa shape index (κ3) is 4.35. The van der Waals surface area contributed by atoms with E-state index in [1.807, 2.05) is 25.7 Å². The van der Waals surface area contributed by atoms with Gasteiger partial charge in [-0.3, -0.25) is 4.79 Å². The van der Waals surface area contributed by atoms with Gasteiger partial charge in [-0.25, -0.2) is 4.79 Å². The van der Waals surface area contributed by atoms with Gasteiger partial charge in [-0.05, 0) is 53.4 Å². The fraction of sp³-hybridized carbons (Fsp3) is 0.875. The Morgan fingerprint density at radius 3 is 2.45 bits per heavy atom. The van der Waals surface area contributed by atoms with Gasteiger partial charge in [-0.2, -0.15) is 0 Å². The molecule has 126 valence electrons. The SMILES string of the molecule is CC(N)C(=O)N(CC1CCCN1C(=O)OC(C)(C)C)C1CC1. The van der Waals surface area contributed by atoms with Gasteiger partial charge in [-0.1, -0.05) is 0 Å². The Bertz CT molecular complexity index is 427. The lowest BCUT2D eigenvalue weighted by Gasteiger charge is -2.33. The van der Waals surface area contributed by atoms with Gasteiger partial charge >= 0.3 is 6.09 Å². The van der Waals surface area contributed by atoms with Crippen molar-refractivity contribution in [3.8, 4) is 0 Å². The van der Waals surface area contributed by atoms with Crippen molar-refractivity contribution in [3.05, 3.63) is 0 Å². The Labute approximate surface area is 132 Å². The number of nitrogens with zero attached hydrogens (tertiary/aromatic N) is 2. The molecule has 0 aromatic rings. The Morgan fingerprint density at radius 2 is 1.95 bits per heavy atom. The number of rotatable bonds is 4. The number of ether oxygens (including phenoxy) is 1. The zero-order valence-electron chi connectivity index (χ0n) is 14.2. The molecule has 1 saturated heterocycles. The van der Waals surface area contributed by atoms with Crippen molar-refractivity contribution in [1.29, 1.82) is 0 Å². The van der Waals surface area contributed by atoms with Crippen molar-refractivity contribution in [2.75, 3.05) is 13.1 Å². The molecule has 2 amide bonds. The molecule has 0 aromatic carbocycles. The highest BCUT2D eigenvalue weighted by atomic mass is 16.6. The smallest absolute Gasteiger partial charge is 0.410 e. The van der Waals surface area contributed by atoms with E-state index < -0.39 is 11.6 Å². The van der Waals surface area contributed by atoms with Crippen molar-refractivity contribution < 1.29 is 14.3 Å². The summed E-state index contributed by atoms with van der Waals surface area (Å²) in [7, 11) is 0. The maximum atomic E-state index is 12.3. The highest BCUT2D eigenvalue weighted by Crippen LogP contribution is 2.30. The van der Waals surface area contributed by atoms with Gasteiger partial charge in [0.25, 0.3) is 0 Å². The molecule has 2 fully saturated rings. The van der Waals surface area contributed by atoms with Crippen molar-refractivity contribution in [1.82, 2.24) is 9.80 Å². The van der Waals surface area contributed by atoms with Crippen molar-refractivity contribution in [3.63, 3.8) is 0 Å². The van der Waals surface area contributed by atoms with Gasteiger partial charge in [0, 0.05) is 19.1 Å². The number of hydrogen-bond donors (Lipinski definition) is 1. The minimum atomic E-state index is -0.498. The van der Waals surface area contributed by atoms with E-state index in [4.69, 9.17) is 10.5 Å². The summed E-state index contributed by atoms with van der Waals surface area (Å²) < 4.78 is 5.48. The van der Waals surface area contributed by atoms with E-state index in [-0.39, 0.29) is 18.0 Å². The second-order valence-corrected chi connectivity index (χ2v) is 7.48. The maximum absolute atomic E-state index is 12.3.